The van der Waals surface area contributed by atoms with E-state index in [4.69, 9.17) is 0 Å². The fourth-order valence-corrected chi connectivity index (χ4v) is 1.60. The van der Waals surface area contributed by atoms with Crippen molar-refractivity contribution in [2.75, 3.05) is 0 Å². The average molecular weight is 222 g/mol. The zero-order valence-corrected chi connectivity index (χ0v) is 10.7. The van der Waals surface area contributed by atoms with Gasteiger partial charge in [-0.1, -0.05) is 58.4 Å². The molecule has 0 aliphatic rings. The first-order chi connectivity index (χ1) is 5.85. The summed E-state index contributed by atoms with van der Waals surface area (Å²) in [6, 6.07) is 0. The lowest BCUT2D eigenvalue weighted by atomic mass is 9.93. The maximum absolute atomic E-state index is 3.82. The lowest BCUT2D eigenvalue weighted by Crippen LogP contribution is -1.98. The zero-order valence-electron chi connectivity index (χ0n) is 9.93. The van der Waals surface area contributed by atoms with Crippen molar-refractivity contribution < 1.29 is 0 Å². The van der Waals surface area contributed by atoms with E-state index in [9.17, 15) is 0 Å². The standard InChI is InChI=1S/C12H24.ClH.H3N/c1-4-7-10-12(9-6-3)11-8-5-2;;/h6,12H,3-5,7-11H2,1-2H3;1H;1H3. The van der Waals surface area contributed by atoms with Crippen molar-refractivity contribution in [3.63, 3.8) is 0 Å². The molecule has 88 valence electrons. The first-order valence-corrected chi connectivity index (χ1v) is 5.46. The summed E-state index contributed by atoms with van der Waals surface area (Å²) in [5.74, 6) is 0.919. The van der Waals surface area contributed by atoms with Crippen LogP contribution in [0.5, 0.6) is 0 Å². The molecule has 0 bridgehead atoms. The number of halogens is 1. The fraction of sp³-hybridized carbons (Fsp3) is 0.833. The SMILES string of the molecule is C=CCC(CCCC)CCCC.Cl.N. The summed E-state index contributed by atoms with van der Waals surface area (Å²) >= 11 is 0. The van der Waals surface area contributed by atoms with Crippen LogP contribution < -0.4 is 6.15 Å². The molecule has 0 unspecified atom stereocenters. The molecule has 0 aromatic rings. The maximum Gasteiger partial charge on any atom is -0.0325 e. The third-order valence-corrected chi connectivity index (χ3v) is 2.43. The lowest BCUT2D eigenvalue weighted by molar-refractivity contribution is 0.424. The molecule has 0 aromatic heterocycles. The first kappa shape index (κ1) is 19.5. The Balaban J connectivity index is -0.000000605. The Morgan fingerprint density at radius 1 is 1.07 bits per heavy atom. The monoisotopic (exact) mass is 221 g/mol. The predicted molar refractivity (Wildman–Crippen MR) is 69.6 cm³/mol. The van der Waals surface area contributed by atoms with E-state index in [2.05, 4.69) is 26.5 Å². The summed E-state index contributed by atoms with van der Waals surface area (Å²) < 4.78 is 0. The largest absolute Gasteiger partial charge is 0.344 e. The molecule has 0 saturated carbocycles. The van der Waals surface area contributed by atoms with Crippen LogP contribution in [0.4, 0.5) is 0 Å². The molecule has 0 aromatic carbocycles. The highest BCUT2D eigenvalue weighted by molar-refractivity contribution is 5.85. The maximum atomic E-state index is 3.82. The van der Waals surface area contributed by atoms with E-state index in [1.54, 1.807) is 0 Å². The third kappa shape index (κ3) is 12.0. The van der Waals surface area contributed by atoms with Crippen LogP contribution in [0.2, 0.25) is 0 Å². The molecular weight excluding hydrogens is 194 g/mol. The number of hydrogen-bond acceptors (Lipinski definition) is 1. The summed E-state index contributed by atoms with van der Waals surface area (Å²) in [7, 11) is 0. The van der Waals surface area contributed by atoms with Crippen LogP contribution in [-0.4, -0.2) is 0 Å². The van der Waals surface area contributed by atoms with Crippen molar-refractivity contribution in [3.8, 4) is 0 Å². The molecule has 0 amide bonds. The van der Waals surface area contributed by atoms with Gasteiger partial charge in [-0.05, 0) is 12.3 Å². The molecule has 0 fully saturated rings. The quantitative estimate of drug-likeness (QED) is 0.566. The Morgan fingerprint density at radius 2 is 1.50 bits per heavy atom. The van der Waals surface area contributed by atoms with Crippen LogP contribution in [0.3, 0.4) is 0 Å². The molecule has 1 nitrogen and oxygen atoms in total. The van der Waals surface area contributed by atoms with Gasteiger partial charge in [-0.2, -0.15) is 0 Å². The Bertz CT molecular complexity index is 96.5. The van der Waals surface area contributed by atoms with E-state index in [0.717, 1.165) is 5.92 Å². The summed E-state index contributed by atoms with van der Waals surface area (Å²) in [6.07, 6.45) is 11.6. The van der Waals surface area contributed by atoms with Gasteiger partial charge in [0.2, 0.25) is 0 Å². The second-order valence-corrected chi connectivity index (χ2v) is 3.67. The van der Waals surface area contributed by atoms with Gasteiger partial charge in [-0.15, -0.1) is 19.0 Å². The Kier molecular flexibility index (Phi) is 21.6. The van der Waals surface area contributed by atoms with Crippen molar-refractivity contribution >= 4 is 12.4 Å². The predicted octanol–water partition coefficient (Wildman–Crippen LogP) is 5.14. The Morgan fingerprint density at radius 3 is 1.79 bits per heavy atom. The second kappa shape index (κ2) is 15.5. The molecule has 0 spiro atoms. The molecule has 0 heterocycles. The lowest BCUT2D eigenvalue weighted by Gasteiger charge is -2.13. The van der Waals surface area contributed by atoms with E-state index in [-0.39, 0.29) is 18.6 Å². The number of hydrogen-bond donors (Lipinski definition) is 1. The summed E-state index contributed by atoms with van der Waals surface area (Å²) in [5.41, 5.74) is 0. The van der Waals surface area contributed by atoms with Gasteiger partial charge in [0.05, 0.1) is 0 Å². The highest BCUT2D eigenvalue weighted by Gasteiger charge is 2.04. The van der Waals surface area contributed by atoms with E-state index in [0.29, 0.717) is 0 Å². The first-order valence-electron chi connectivity index (χ1n) is 5.46. The highest BCUT2D eigenvalue weighted by atomic mass is 35.5. The van der Waals surface area contributed by atoms with Crippen LogP contribution >= 0.6 is 12.4 Å². The molecular formula is C12H28ClN. The van der Waals surface area contributed by atoms with Crippen molar-refractivity contribution in [2.45, 2.75) is 58.8 Å². The second-order valence-electron chi connectivity index (χ2n) is 3.67. The molecule has 0 atom stereocenters. The van der Waals surface area contributed by atoms with Gasteiger partial charge >= 0.3 is 0 Å². The molecule has 3 N–H and O–H groups in total. The highest BCUT2D eigenvalue weighted by Crippen LogP contribution is 2.19. The number of rotatable bonds is 8. The molecule has 0 rings (SSSR count). The van der Waals surface area contributed by atoms with Crippen molar-refractivity contribution in [1.29, 1.82) is 0 Å². The van der Waals surface area contributed by atoms with E-state index >= 15 is 0 Å². The summed E-state index contributed by atoms with van der Waals surface area (Å²) in [5, 5.41) is 0. The van der Waals surface area contributed by atoms with Gasteiger partial charge in [0.15, 0.2) is 0 Å². The molecule has 14 heavy (non-hydrogen) atoms. The van der Waals surface area contributed by atoms with Crippen molar-refractivity contribution in [2.24, 2.45) is 5.92 Å². The van der Waals surface area contributed by atoms with Gasteiger partial charge in [0.25, 0.3) is 0 Å². The Labute approximate surface area is 96.4 Å². The molecule has 2 heteroatoms. The van der Waals surface area contributed by atoms with E-state index in [1.807, 2.05) is 0 Å². The van der Waals surface area contributed by atoms with E-state index in [1.165, 1.54) is 44.9 Å². The molecule has 0 aliphatic carbocycles. The molecule has 0 radical (unpaired) electrons. The van der Waals surface area contributed by atoms with Gasteiger partial charge in [0, 0.05) is 0 Å². The van der Waals surface area contributed by atoms with Gasteiger partial charge < -0.3 is 6.15 Å². The normalized spacial score (nSPS) is 9.07. The molecule has 0 aliphatic heterocycles. The summed E-state index contributed by atoms with van der Waals surface area (Å²) in [6.45, 7) is 8.35. The number of allylic oxidation sites excluding steroid dienone is 1. The van der Waals surface area contributed by atoms with Gasteiger partial charge in [-0.25, -0.2) is 0 Å². The van der Waals surface area contributed by atoms with Crippen LogP contribution in [0.1, 0.15) is 58.8 Å². The zero-order chi connectivity index (χ0) is 9.23. The van der Waals surface area contributed by atoms with Gasteiger partial charge in [0.1, 0.15) is 0 Å². The number of unbranched alkanes of at least 4 members (excludes halogenated alkanes) is 2. The Hall–Kier alpha value is -0.0100. The molecule has 0 saturated heterocycles. The van der Waals surface area contributed by atoms with E-state index < -0.39 is 0 Å². The van der Waals surface area contributed by atoms with Crippen LogP contribution in [-0.2, 0) is 0 Å². The minimum Gasteiger partial charge on any atom is -0.344 e. The van der Waals surface area contributed by atoms with Crippen LogP contribution in [0.15, 0.2) is 12.7 Å². The minimum atomic E-state index is 0. The van der Waals surface area contributed by atoms with Crippen molar-refractivity contribution in [1.82, 2.24) is 6.15 Å². The van der Waals surface area contributed by atoms with Crippen molar-refractivity contribution in [3.05, 3.63) is 12.7 Å². The third-order valence-electron chi connectivity index (χ3n) is 2.43. The minimum absolute atomic E-state index is 0. The van der Waals surface area contributed by atoms with Crippen LogP contribution in [0, 0.1) is 5.92 Å². The van der Waals surface area contributed by atoms with Gasteiger partial charge in [-0.3, -0.25) is 0 Å². The summed E-state index contributed by atoms with van der Waals surface area (Å²) in [4.78, 5) is 0. The topological polar surface area (TPSA) is 35.0 Å². The van der Waals surface area contributed by atoms with Crippen LogP contribution in [0.25, 0.3) is 0 Å². The average Bonchev–Trinajstić information content (AvgIpc) is 2.10. The fourth-order valence-electron chi connectivity index (χ4n) is 1.60. The smallest absolute Gasteiger partial charge is 0.0325 e.